The molecule has 2 aliphatic rings. The maximum absolute atomic E-state index is 12.8. The molecule has 2 fully saturated rings. The quantitative estimate of drug-likeness (QED) is 0.579. The highest BCUT2D eigenvalue weighted by atomic mass is 16.6. The normalized spacial score (nSPS) is 17.5. The molecular formula is C22H28N6O3. The number of rotatable bonds is 5. The largest absolute Gasteiger partial charge is 0.353 e. The number of hydrogen-bond donors (Lipinski definition) is 1. The third kappa shape index (κ3) is 5.10. The summed E-state index contributed by atoms with van der Waals surface area (Å²) in [5, 5.41) is 14.5. The molecule has 0 unspecified atom stereocenters. The van der Waals surface area contributed by atoms with Crippen molar-refractivity contribution in [1.29, 1.82) is 0 Å². The highest BCUT2D eigenvalue weighted by Gasteiger charge is 2.24. The van der Waals surface area contributed by atoms with Gasteiger partial charge in [0, 0.05) is 61.7 Å². The fraction of sp³-hybridized carbons (Fsp3) is 0.500. The van der Waals surface area contributed by atoms with Crippen LogP contribution in [0.25, 0.3) is 0 Å². The number of piperazine rings is 1. The first-order chi connectivity index (χ1) is 15.0. The summed E-state index contributed by atoms with van der Waals surface area (Å²) in [6.45, 7) is 4.35. The van der Waals surface area contributed by atoms with Crippen LogP contribution in [-0.2, 0) is 0 Å². The Labute approximate surface area is 181 Å². The number of aromatic nitrogens is 2. The third-order valence-corrected chi connectivity index (χ3v) is 5.97. The summed E-state index contributed by atoms with van der Waals surface area (Å²) >= 11 is 0. The van der Waals surface area contributed by atoms with Gasteiger partial charge < -0.3 is 15.1 Å². The number of nitro benzene ring substituents is 1. The van der Waals surface area contributed by atoms with Gasteiger partial charge in [0.15, 0.2) is 0 Å². The molecule has 1 aromatic heterocycles. The lowest BCUT2D eigenvalue weighted by molar-refractivity contribution is -0.384. The summed E-state index contributed by atoms with van der Waals surface area (Å²) in [6, 6.07) is 8.32. The summed E-state index contributed by atoms with van der Waals surface area (Å²) < 4.78 is 0. The van der Waals surface area contributed by atoms with Crippen molar-refractivity contribution in [3.63, 3.8) is 0 Å². The third-order valence-electron chi connectivity index (χ3n) is 5.97. The van der Waals surface area contributed by atoms with Gasteiger partial charge in [-0.15, -0.1) is 0 Å². The Morgan fingerprint density at radius 3 is 2.55 bits per heavy atom. The molecule has 1 aromatic carbocycles. The van der Waals surface area contributed by atoms with Gasteiger partial charge in [0.25, 0.3) is 11.6 Å². The Balaban J connectivity index is 1.39. The Hall–Kier alpha value is -3.23. The fourth-order valence-corrected chi connectivity index (χ4v) is 4.28. The van der Waals surface area contributed by atoms with E-state index in [0.29, 0.717) is 43.7 Å². The number of nitrogens with zero attached hydrogens (tertiary/aromatic N) is 5. The molecular weight excluding hydrogens is 396 g/mol. The van der Waals surface area contributed by atoms with Gasteiger partial charge in [-0.05, 0) is 25.8 Å². The van der Waals surface area contributed by atoms with E-state index in [2.05, 4.69) is 15.2 Å². The summed E-state index contributed by atoms with van der Waals surface area (Å²) in [5.41, 5.74) is 1.19. The first-order valence-electron chi connectivity index (χ1n) is 10.9. The molecule has 1 saturated heterocycles. The number of nitrogens with one attached hydrogen (secondary N) is 1. The van der Waals surface area contributed by atoms with Crippen LogP contribution in [0.1, 0.15) is 48.2 Å². The van der Waals surface area contributed by atoms with Crippen molar-refractivity contribution in [2.24, 2.45) is 0 Å². The van der Waals surface area contributed by atoms with Gasteiger partial charge in [-0.2, -0.15) is 4.98 Å². The highest BCUT2D eigenvalue weighted by molar-refractivity contribution is 5.95. The number of aryl methyl sites for hydroxylation is 1. The van der Waals surface area contributed by atoms with E-state index in [-0.39, 0.29) is 11.6 Å². The topological polar surface area (TPSA) is 104 Å². The zero-order valence-corrected chi connectivity index (χ0v) is 17.8. The number of non-ortho nitro benzene ring substituents is 1. The van der Waals surface area contributed by atoms with E-state index in [0.717, 1.165) is 24.4 Å². The molecule has 4 rings (SSSR count). The number of anilines is 2. The number of hydrogen-bond acceptors (Lipinski definition) is 7. The molecule has 9 nitrogen and oxygen atoms in total. The Bertz CT molecular complexity index is 952. The van der Waals surface area contributed by atoms with E-state index in [9.17, 15) is 14.9 Å². The Morgan fingerprint density at radius 1 is 1.10 bits per heavy atom. The number of amides is 1. The molecule has 1 N–H and O–H groups in total. The predicted molar refractivity (Wildman–Crippen MR) is 118 cm³/mol. The minimum Gasteiger partial charge on any atom is -0.353 e. The average Bonchev–Trinajstić information content (AvgIpc) is 2.79. The molecule has 1 aliphatic carbocycles. The monoisotopic (exact) mass is 424 g/mol. The molecule has 0 bridgehead atoms. The summed E-state index contributed by atoms with van der Waals surface area (Å²) in [4.78, 5) is 36.5. The summed E-state index contributed by atoms with van der Waals surface area (Å²) in [6.07, 6.45) is 6.11. The number of benzene rings is 1. The lowest BCUT2D eigenvalue weighted by Gasteiger charge is -2.35. The van der Waals surface area contributed by atoms with Gasteiger partial charge in [-0.3, -0.25) is 14.9 Å². The van der Waals surface area contributed by atoms with Gasteiger partial charge in [0.1, 0.15) is 5.82 Å². The first kappa shape index (κ1) is 21.0. The second kappa shape index (κ2) is 9.28. The number of nitro groups is 1. The Morgan fingerprint density at radius 2 is 1.84 bits per heavy atom. The van der Waals surface area contributed by atoms with Crippen LogP contribution in [0.2, 0.25) is 0 Å². The van der Waals surface area contributed by atoms with E-state index in [1.54, 1.807) is 17.0 Å². The zero-order valence-electron chi connectivity index (χ0n) is 17.8. The molecule has 1 amide bonds. The number of carbonyl (C=O) groups excluding carboxylic acids is 1. The standard InChI is InChI=1S/C22H28N6O3/c1-16-14-20(25-22(23-16)24-18-7-3-2-4-8-18)26-10-12-27(13-11-26)21(29)17-6-5-9-19(15-17)28(30)31/h5-6,9,14-15,18H,2-4,7-8,10-13H2,1H3,(H,23,24,25). The van der Waals surface area contributed by atoms with Crippen LogP contribution < -0.4 is 10.2 Å². The van der Waals surface area contributed by atoms with Crippen molar-refractivity contribution in [3.8, 4) is 0 Å². The van der Waals surface area contributed by atoms with Gasteiger partial charge in [0.05, 0.1) is 4.92 Å². The molecule has 2 aromatic rings. The maximum atomic E-state index is 12.8. The molecule has 164 valence electrons. The van der Waals surface area contributed by atoms with Crippen LogP contribution in [0.5, 0.6) is 0 Å². The van der Waals surface area contributed by atoms with Crippen LogP contribution >= 0.6 is 0 Å². The fourth-order valence-electron chi connectivity index (χ4n) is 4.28. The molecule has 2 heterocycles. The van der Waals surface area contributed by atoms with Crippen LogP contribution in [0, 0.1) is 17.0 Å². The van der Waals surface area contributed by atoms with Crippen molar-refractivity contribution in [3.05, 3.63) is 51.7 Å². The van der Waals surface area contributed by atoms with E-state index >= 15 is 0 Å². The van der Waals surface area contributed by atoms with E-state index in [1.165, 1.54) is 31.4 Å². The van der Waals surface area contributed by atoms with Gasteiger partial charge in [-0.1, -0.05) is 25.3 Å². The van der Waals surface area contributed by atoms with Crippen molar-refractivity contribution in [2.45, 2.75) is 45.1 Å². The van der Waals surface area contributed by atoms with E-state index in [1.807, 2.05) is 13.0 Å². The van der Waals surface area contributed by atoms with Crippen LogP contribution in [-0.4, -0.2) is 57.9 Å². The van der Waals surface area contributed by atoms with Crippen LogP contribution in [0.4, 0.5) is 17.5 Å². The second-order valence-electron chi connectivity index (χ2n) is 8.26. The first-order valence-corrected chi connectivity index (χ1v) is 10.9. The second-order valence-corrected chi connectivity index (χ2v) is 8.26. The minimum atomic E-state index is -0.481. The van der Waals surface area contributed by atoms with Crippen molar-refractivity contribution in [1.82, 2.24) is 14.9 Å². The summed E-state index contributed by atoms with van der Waals surface area (Å²) in [7, 11) is 0. The van der Waals surface area contributed by atoms with Crippen molar-refractivity contribution in [2.75, 3.05) is 36.4 Å². The molecule has 9 heteroatoms. The molecule has 1 saturated carbocycles. The van der Waals surface area contributed by atoms with Crippen molar-refractivity contribution >= 4 is 23.4 Å². The van der Waals surface area contributed by atoms with Crippen LogP contribution in [0.15, 0.2) is 30.3 Å². The van der Waals surface area contributed by atoms with E-state index in [4.69, 9.17) is 4.98 Å². The van der Waals surface area contributed by atoms with Gasteiger partial charge in [0.2, 0.25) is 5.95 Å². The molecule has 0 radical (unpaired) electrons. The Kier molecular flexibility index (Phi) is 6.29. The average molecular weight is 425 g/mol. The zero-order chi connectivity index (χ0) is 21.8. The molecule has 31 heavy (non-hydrogen) atoms. The number of carbonyl (C=O) groups is 1. The lowest BCUT2D eigenvalue weighted by Crippen LogP contribution is -2.49. The van der Waals surface area contributed by atoms with Gasteiger partial charge in [-0.25, -0.2) is 4.98 Å². The highest BCUT2D eigenvalue weighted by Crippen LogP contribution is 2.23. The molecule has 0 spiro atoms. The lowest BCUT2D eigenvalue weighted by atomic mass is 9.96. The minimum absolute atomic E-state index is 0.0704. The maximum Gasteiger partial charge on any atom is 0.270 e. The predicted octanol–water partition coefficient (Wildman–Crippen LogP) is 3.40. The van der Waals surface area contributed by atoms with Gasteiger partial charge >= 0.3 is 0 Å². The van der Waals surface area contributed by atoms with E-state index < -0.39 is 4.92 Å². The molecule has 0 atom stereocenters. The summed E-state index contributed by atoms with van der Waals surface area (Å²) in [5.74, 6) is 1.37. The van der Waals surface area contributed by atoms with Crippen LogP contribution in [0.3, 0.4) is 0 Å². The molecule has 1 aliphatic heterocycles. The SMILES string of the molecule is Cc1cc(N2CCN(C(=O)c3cccc([N+](=O)[O-])c3)CC2)nc(NC2CCCCC2)n1. The smallest absolute Gasteiger partial charge is 0.270 e. The van der Waals surface area contributed by atoms with Crippen molar-refractivity contribution < 1.29 is 9.72 Å².